The Kier molecular flexibility index (Phi) is 5.05. The Morgan fingerprint density at radius 1 is 1.25 bits per heavy atom. The average molecular weight is 265 g/mol. The molecule has 90 valence electrons. The van der Waals surface area contributed by atoms with E-state index in [-0.39, 0.29) is 12.4 Å². The lowest BCUT2D eigenvalue weighted by atomic mass is 10.2. The molecule has 0 fully saturated rings. The van der Waals surface area contributed by atoms with Crippen LogP contribution in [-0.4, -0.2) is 27.9 Å². The topological polar surface area (TPSA) is 52.6 Å². The molecule has 0 amide bonds. The summed E-state index contributed by atoms with van der Waals surface area (Å²) in [7, 11) is 3.16. The van der Waals surface area contributed by atoms with Crippen LogP contribution in [0.1, 0.15) is 5.56 Å². The second kappa shape index (κ2) is 6.08. The van der Waals surface area contributed by atoms with Crippen molar-refractivity contribution in [1.82, 2.24) is 0 Å². The summed E-state index contributed by atoms with van der Waals surface area (Å²) in [4.78, 5) is 0. The highest BCUT2D eigenvalue weighted by Crippen LogP contribution is 2.11. The highest BCUT2D eigenvalue weighted by Gasteiger charge is 2.04. The smallest absolute Gasteiger partial charge is 0.234 e. The molecule has 0 spiro atoms. The maximum absolute atomic E-state index is 10.6. The van der Waals surface area contributed by atoms with Crippen LogP contribution in [0.4, 0.5) is 0 Å². The SMILES string of the molecule is COc1ccc(COCCS(=O)(=O)Cl)cc1. The number of hydrogen-bond donors (Lipinski definition) is 0. The number of ether oxygens (including phenoxy) is 2. The van der Waals surface area contributed by atoms with Crippen molar-refractivity contribution in [2.45, 2.75) is 6.61 Å². The number of hydrogen-bond acceptors (Lipinski definition) is 4. The van der Waals surface area contributed by atoms with Crippen molar-refractivity contribution < 1.29 is 17.9 Å². The fraction of sp³-hybridized carbons (Fsp3) is 0.400. The molecule has 0 bridgehead atoms. The van der Waals surface area contributed by atoms with Crippen molar-refractivity contribution in [2.75, 3.05) is 19.5 Å². The highest BCUT2D eigenvalue weighted by atomic mass is 35.7. The minimum Gasteiger partial charge on any atom is -0.497 e. The van der Waals surface area contributed by atoms with Gasteiger partial charge in [-0.2, -0.15) is 0 Å². The van der Waals surface area contributed by atoms with Gasteiger partial charge < -0.3 is 9.47 Å². The molecule has 0 unspecified atom stereocenters. The zero-order valence-electron chi connectivity index (χ0n) is 8.85. The van der Waals surface area contributed by atoms with E-state index in [9.17, 15) is 8.42 Å². The lowest BCUT2D eigenvalue weighted by molar-refractivity contribution is 0.135. The van der Waals surface area contributed by atoms with E-state index in [0.29, 0.717) is 6.61 Å². The van der Waals surface area contributed by atoms with Gasteiger partial charge >= 0.3 is 0 Å². The first-order valence-corrected chi connectivity index (χ1v) is 7.12. The summed E-state index contributed by atoms with van der Waals surface area (Å²) in [6.45, 7) is 0.453. The first kappa shape index (κ1) is 13.3. The van der Waals surface area contributed by atoms with Gasteiger partial charge in [-0.3, -0.25) is 0 Å². The second-order valence-corrected chi connectivity index (χ2v) is 6.04. The fourth-order valence-corrected chi connectivity index (χ4v) is 1.58. The molecule has 0 aliphatic carbocycles. The third kappa shape index (κ3) is 5.34. The summed E-state index contributed by atoms with van der Waals surface area (Å²) in [6.07, 6.45) is 0. The van der Waals surface area contributed by atoms with Gasteiger partial charge in [0.1, 0.15) is 5.75 Å². The van der Waals surface area contributed by atoms with E-state index < -0.39 is 9.05 Å². The minimum absolute atomic E-state index is 0.0951. The Balaban J connectivity index is 2.32. The van der Waals surface area contributed by atoms with Crippen molar-refractivity contribution >= 4 is 19.7 Å². The molecule has 0 heterocycles. The lowest BCUT2D eigenvalue weighted by Crippen LogP contribution is -2.06. The van der Waals surface area contributed by atoms with E-state index in [1.807, 2.05) is 24.3 Å². The van der Waals surface area contributed by atoms with E-state index in [1.54, 1.807) is 7.11 Å². The molecular weight excluding hydrogens is 252 g/mol. The number of methoxy groups -OCH3 is 1. The van der Waals surface area contributed by atoms with E-state index in [2.05, 4.69) is 0 Å². The second-order valence-electron chi connectivity index (χ2n) is 3.14. The predicted octanol–water partition coefficient (Wildman–Crippen LogP) is 1.78. The van der Waals surface area contributed by atoms with Crippen LogP contribution in [-0.2, 0) is 20.4 Å². The Morgan fingerprint density at radius 2 is 1.88 bits per heavy atom. The van der Waals surface area contributed by atoms with Crippen LogP contribution in [0.3, 0.4) is 0 Å². The van der Waals surface area contributed by atoms with Crippen molar-refractivity contribution in [1.29, 1.82) is 0 Å². The number of halogens is 1. The Morgan fingerprint density at radius 3 is 2.38 bits per heavy atom. The molecule has 0 saturated heterocycles. The number of rotatable bonds is 6. The van der Waals surface area contributed by atoms with E-state index >= 15 is 0 Å². The molecule has 0 aliphatic rings. The van der Waals surface area contributed by atoms with Crippen LogP contribution in [0.5, 0.6) is 5.75 Å². The molecule has 6 heteroatoms. The summed E-state index contributed by atoms with van der Waals surface area (Å²) in [6, 6.07) is 7.34. The van der Waals surface area contributed by atoms with Gasteiger partial charge in [-0.05, 0) is 17.7 Å². The van der Waals surface area contributed by atoms with E-state index in [4.69, 9.17) is 20.2 Å². The first-order chi connectivity index (χ1) is 7.51. The Hall–Kier alpha value is -0.780. The molecule has 1 rings (SSSR count). The summed E-state index contributed by atoms with van der Waals surface area (Å²) in [5.41, 5.74) is 0.952. The van der Waals surface area contributed by atoms with Crippen LogP contribution in [0.25, 0.3) is 0 Å². The average Bonchev–Trinajstić information content (AvgIpc) is 2.24. The van der Waals surface area contributed by atoms with E-state index in [1.165, 1.54) is 0 Å². The van der Waals surface area contributed by atoms with Crippen molar-refractivity contribution in [3.63, 3.8) is 0 Å². The van der Waals surface area contributed by atoms with Crippen LogP contribution in [0, 0.1) is 0 Å². The van der Waals surface area contributed by atoms with Crippen LogP contribution < -0.4 is 4.74 Å². The monoisotopic (exact) mass is 264 g/mol. The molecule has 0 aromatic heterocycles. The quantitative estimate of drug-likeness (QED) is 0.581. The summed E-state index contributed by atoms with van der Waals surface area (Å²) < 4.78 is 31.4. The zero-order valence-corrected chi connectivity index (χ0v) is 10.4. The molecule has 0 radical (unpaired) electrons. The minimum atomic E-state index is -3.46. The van der Waals surface area contributed by atoms with Gasteiger partial charge in [0.15, 0.2) is 0 Å². The van der Waals surface area contributed by atoms with Crippen LogP contribution >= 0.6 is 10.7 Å². The zero-order chi connectivity index (χ0) is 12.0. The Bertz CT molecular complexity index is 413. The number of benzene rings is 1. The van der Waals surface area contributed by atoms with Crippen LogP contribution in [0.2, 0.25) is 0 Å². The highest BCUT2D eigenvalue weighted by molar-refractivity contribution is 8.13. The Labute approximate surface area is 99.6 Å². The van der Waals surface area contributed by atoms with E-state index in [0.717, 1.165) is 11.3 Å². The molecular formula is C10H13ClO4S. The van der Waals surface area contributed by atoms with Gasteiger partial charge in [0, 0.05) is 10.7 Å². The summed E-state index contributed by atoms with van der Waals surface area (Å²) >= 11 is 0. The normalized spacial score (nSPS) is 11.4. The van der Waals surface area contributed by atoms with Crippen molar-refractivity contribution in [3.05, 3.63) is 29.8 Å². The maximum atomic E-state index is 10.6. The van der Waals surface area contributed by atoms with Gasteiger partial charge in [-0.25, -0.2) is 8.42 Å². The van der Waals surface area contributed by atoms with Gasteiger partial charge in [0.05, 0.1) is 26.1 Å². The van der Waals surface area contributed by atoms with Gasteiger partial charge in [-0.1, -0.05) is 12.1 Å². The van der Waals surface area contributed by atoms with Crippen molar-refractivity contribution in [3.8, 4) is 5.75 Å². The van der Waals surface area contributed by atoms with Gasteiger partial charge in [-0.15, -0.1) is 0 Å². The van der Waals surface area contributed by atoms with Gasteiger partial charge in [0.2, 0.25) is 9.05 Å². The predicted molar refractivity (Wildman–Crippen MR) is 62.3 cm³/mol. The molecule has 0 atom stereocenters. The fourth-order valence-electron chi connectivity index (χ4n) is 1.07. The lowest BCUT2D eigenvalue weighted by Gasteiger charge is -2.04. The van der Waals surface area contributed by atoms with Crippen molar-refractivity contribution in [2.24, 2.45) is 0 Å². The maximum Gasteiger partial charge on any atom is 0.234 e. The standard InChI is InChI=1S/C10H13ClO4S/c1-14-10-4-2-9(3-5-10)8-15-6-7-16(11,12)13/h2-5H,6-8H2,1H3. The third-order valence-electron chi connectivity index (χ3n) is 1.90. The van der Waals surface area contributed by atoms with Gasteiger partial charge in [0.25, 0.3) is 0 Å². The van der Waals surface area contributed by atoms with Crippen LogP contribution in [0.15, 0.2) is 24.3 Å². The largest absolute Gasteiger partial charge is 0.497 e. The summed E-state index contributed by atoms with van der Waals surface area (Å²) in [5, 5.41) is 0. The molecule has 0 N–H and O–H groups in total. The molecule has 0 aliphatic heterocycles. The first-order valence-electron chi connectivity index (χ1n) is 4.64. The molecule has 0 saturated carbocycles. The third-order valence-corrected chi connectivity index (χ3v) is 3.02. The summed E-state index contributed by atoms with van der Waals surface area (Å²) in [5.74, 6) is 0.595. The molecule has 4 nitrogen and oxygen atoms in total. The molecule has 16 heavy (non-hydrogen) atoms. The molecule has 1 aromatic carbocycles. The molecule has 1 aromatic rings.